The zero-order valence-corrected chi connectivity index (χ0v) is 13.3. The second kappa shape index (κ2) is 6.27. The first-order chi connectivity index (χ1) is 9.41. The van der Waals surface area contributed by atoms with Crippen LogP contribution in [0.25, 0.3) is 0 Å². The molecule has 1 aromatic heterocycles. The van der Waals surface area contributed by atoms with Crippen LogP contribution >= 0.6 is 0 Å². The van der Waals surface area contributed by atoms with Crippen molar-refractivity contribution in [3.8, 4) is 0 Å². The fraction of sp³-hybridized carbons (Fsp3) is 0.812. The minimum Gasteiger partial charge on any atom is -0.392 e. The van der Waals surface area contributed by atoms with Crippen molar-refractivity contribution < 1.29 is 5.11 Å². The van der Waals surface area contributed by atoms with Crippen molar-refractivity contribution in [1.29, 1.82) is 0 Å². The smallest absolute Gasteiger partial charge is 0.0692 e. The van der Waals surface area contributed by atoms with E-state index >= 15 is 0 Å². The standard InChI is InChI=1S/C16H29N3O/c1-5-15(20)14-8-6-7-9-18(14)11-13-10-17-19(12-13)16(2,3)4/h10,12,14-15,20H,5-9,11H2,1-4H3/t14-,15+/m1/s1. The molecule has 1 saturated heterocycles. The SMILES string of the molecule is CC[C@H](O)[C@H]1CCCCN1Cc1cnn(C(C)(C)C)c1. The molecule has 4 heteroatoms. The molecule has 114 valence electrons. The highest BCUT2D eigenvalue weighted by atomic mass is 16.3. The number of nitrogens with zero attached hydrogens (tertiary/aromatic N) is 3. The fourth-order valence-electron chi connectivity index (χ4n) is 2.96. The van der Waals surface area contributed by atoms with Crippen LogP contribution in [0.1, 0.15) is 58.9 Å². The van der Waals surface area contributed by atoms with Gasteiger partial charge in [0.2, 0.25) is 0 Å². The molecule has 1 aliphatic heterocycles. The molecule has 0 amide bonds. The number of aliphatic hydroxyl groups excluding tert-OH is 1. The third kappa shape index (κ3) is 3.61. The van der Waals surface area contributed by atoms with E-state index in [9.17, 15) is 5.11 Å². The van der Waals surface area contributed by atoms with Crippen molar-refractivity contribution in [2.45, 2.75) is 77.6 Å². The average molecular weight is 279 g/mol. The van der Waals surface area contributed by atoms with Crippen molar-refractivity contribution in [2.24, 2.45) is 0 Å². The quantitative estimate of drug-likeness (QED) is 0.921. The van der Waals surface area contributed by atoms with E-state index in [-0.39, 0.29) is 11.6 Å². The molecular formula is C16H29N3O. The van der Waals surface area contributed by atoms with Gasteiger partial charge in [-0.3, -0.25) is 9.58 Å². The normalized spacial score (nSPS) is 22.9. The average Bonchev–Trinajstić information content (AvgIpc) is 2.87. The Kier molecular flexibility index (Phi) is 4.86. The molecule has 0 saturated carbocycles. The molecule has 20 heavy (non-hydrogen) atoms. The van der Waals surface area contributed by atoms with Gasteiger partial charge >= 0.3 is 0 Å². The maximum atomic E-state index is 10.2. The monoisotopic (exact) mass is 279 g/mol. The van der Waals surface area contributed by atoms with E-state index < -0.39 is 0 Å². The van der Waals surface area contributed by atoms with Crippen LogP contribution in [0.2, 0.25) is 0 Å². The Labute approximate surface area is 122 Å². The molecule has 0 unspecified atom stereocenters. The zero-order chi connectivity index (χ0) is 14.8. The summed E-state index contributed by atoms with van der Waals surface area (Å²) in [4.78, 5) is 2.43. The molecule has 0 bridgehead atoms. The molecule has 1 N–H and O–H groups in total. The van der Waals surface area contributed by atoms with Crippen molar-refractivity contribution in [3.63, 3.8) is 0 Å². The second-order valence-corrected chi connectivity index (χ2v) is 6.97. The first-order valence-corrected chi connectivity index (χ1v) is 7.88. The van der Waals surface area contributed by atoms with Gasteiger partial charge in [0.05, 0.1) is 17.8 Å². The lowest BCUT2D eigenvalue weighted by Crippen LogP contribution is -2.46. The lowest BCUT2D eigenvalue weighted by molar-refractivity contribution is 0.0195. The van der Waals surface area contributed by atoms with Crippen LogP contribution < -0.4 is 0 Å². The number of aliphatic hydroxyl groups is 1. The van der Waals surface area contributed by atoms with E-state index in [1.54, 1.807) is 0 Å². The van der Waals surface area contributed by atoms with Crippen LogP contribution in [0, 0.1) is 0 Å². The van der Waals surface area contributed by atoms with Crippen LogP contribution in [-0.2, 0) is 12.1 Å². The highest BCUT2D eigenvalue weighted by Crippen LogP contribution is 2.23. The lowest BCUT2D eigenvalue weighted by atomic mass is 9.95. The van der Waals surface area contributed by atoms with Crippen molar-refractivity contribution in [3.05, 3.63) is 18.0 Å². The van der Waals surface area contributed by atoms with Crippen molar-refractivity contribution >= 4 is 0 Å². The van der Waals surface area contributed by atoms with Crippen molar-refractivity contribution in [1.82, 2.24) is 14.7 Å². The van der Waals surface area contributed by atoms with Gasteiger partial charge in [0.25, 0.3) is 0 Å². The number of hydrogen-bond donors (Lipinski definition) is 1. The van der Waals surface area contributed by atoms with Gasteiger partial charge in [-0.05, 0) is 46.6 Å². The molecular weight excluding hydrogens is 250 g/mol. The summed E-state index contributed by atoms with van der Waals surface area (Å²) in [5.74, 6) is 0. The summed E-state index contributed by atoms with van der Waals surface area (Å²) >= 11 is 0. The van der Waals surface area contributed by atoms with Gasteiger partial charge in [-0.25, -0.2) is 0 Å². The van der Waals surface area contributed by atoms with Crippen molar-refractivity contribution in [2.75, 3.05) is 6.54 Å². The Bertz CT molecular complexity index is 422. The van der Waals surface area contributed by atoms with Gasteiger partial charge in [0.1, 0.15) is 0 Å². The largest absolute Gasteiger partial charge is 0.392 e. The summed E-state index contributed by atoms with van der Waals surface area (Å²) < 4.78 is 2.03. The third-order valence-electron chi connectivity index (χ3n) is 4.24. The predicted octanol–water partition coefficient (Wildman–Crippen LogP) is 2.76. The Morgan fingerprint density at radius 1 is 1.40 bits per heavy atom. The highest BCUT2D eigenvalue weighted by molar-refractivity contribution is 5.06. The van der Waals surface area contributed by atoms with E-state index in [4.69, 9.17) is 0 Å². The second-order valence-electron chi connectivity index (χ2n) is 6.97. The zero-order valence-electron chi connectivity index (χ0n) is 13.3. The number of piperidine rings is 1. The molecule has 0 spiro atoms. The summed E-state index contributed by atoms with van der Waals surface area (Å²) in [6.45, 7) is 10.5. The van der Waals surface area contributed by atoms with Gasteiger partial charge in [0, 0.05) is 24.3 Å². The van der Waals surface area contributed by atoms with Gasteiger partial charge in [-0.15, -0.1) is 0 Å². The molecule has 2 atom stereocenters. The molecule has 2 heterocycles. The van der Waals surface area contributed by atoms with Gasteiger partial charge in [0.15, 0.2) is 0 Å². The number of hydrogen-bond acceptors (Lipinski definition) is 3. The van der Waals surface area contributed by atoms with Crippen LogP contribution in [0.15, 0.2) is 12.4 Å². The number of aromatic nitrogens is 2. The Morgan fingerprint density at radius 3 is 2.75 bits per heavy atom. The Balaban J connectivity index is 2.05. The number of rotatable bonds is 4. The lowest BCUT2D eigenvalue weighted by Gasteiger charge is -2.38. The summed E-state index contributed by atoms with van der Waals surface area (Å²) in [5, 5.41) is 14.7. The Hall–Kier alpha value is -0.870. The first kappa shape index (κ1) is 15.5. The summed E-state index contributed by atoms with van der Waals surface area (Å²) in [6, 6.07) is 0.312. The minimum absolute atomic E-state index is 0.0302. The van der Waals surface area contributed by atoms with Gasteiger partial charge in [-0.1, -0.05) is 13.3 Å². The van der Waals surface area contributed by atoms with Gasteiger partial charge in [-0.2, -0.15) is 5.10 Å². The Morgan fingerprint density at radius 2 is 2.15 bits per heavy atom. The maximum absolute atomic E-state index is 10.2. The molecule has 1 aromatic rings. The topological polar surface area (TPSA) is 41.3 Å². The molecule has 0 aliphatic carbocycles. The number of likely N-dealkylation sites (tertiary alicyclic amines) is 1. The maximum Gasteiger partial charge on any atom is 0.0692 e. The molecule has 0 radical (unpaired) electrons. The summed E-state index contributed by atoms with van der Waals surface area (Å²) in [5.41, 5.74) is 1.28. The summed E-state index contributed by atoms with van der Waals surface area (Å²) in [6.07, 6.45) is 8.33. The first-order valence-electron chi connectivity index (χ1n) is 7.88. The van der Waals surface area contributed by atoms with Crippen LogP contribution in [0.5, 0.6) is 0 Å². The predicted molar refractivity (Wildman–Crippen MR) is 81.6 cm³/mol. The molecule has 2 rings (SSSR count). The summed E-state index contributed by atoms with van der Waals surface area (Å²) in [7, 11) is 0. The van der Waals surface area contributed by atoms with E-state index in [2.05, 4.69) is 43.9 Å². The van der Waals surface area contributed by atoms with E-state index in [1.807, 2.05) is 10.9 Å². The van der Waals surface area contributed by atoms with E-state index in [0.29, 0.717) is 6.04 Å². The van der Waals surface area contributed by atoms with Crippen LogP contribution in [-0.4, -0.2) is 38.5 Å². The molecule has 1 fully saturated rings. The molecule has 0 aromatic carbocycles. The fourth-order valence-corrected chi connectivity index (χ4v) is 2.96. The van der Waals surface area contributed by atoms with Crippen LogP contribution in [0.3, 0.4) is 0 Å². The van der Waals surface area contributed by atoms with Gasteiger partial charge < -0.3 is 5.11 Å². The third-order valence-corrected chi connectivity index (χ3v) is 4.24. The molecule has 1 aliphatic rings. The van der Waals surface area contributed by atoms with E-state index in [0.717, 1.165) is 25.9 Å². The highest BCUT2D eigenvalue weighted by Gasteiger charge is 2.28. The van der Waals surface area contributed by atoms with Crippen LogP contribution in [0.4, 0.5) is 0 Å². The molecule has 4 nitrogen and oxygen atoms in total. The van der Waals surface area contributed by atoms with E-state index in [1.165, 1.54) is 18.4 Å². The minimum atomic E-state index is -0.201.